The van der Waals surface area contributed by atoms with Gasteiger partial charge in [-0.15, -0.1) is 0 Å². The zero-order chi connectivity index (χ0) is 10.7. The normalized spacial score (nSPS) is 28.4. The van der Waals surface area contributed by atoms with Crippen LogP contribution in [-0.2, 0) is 19.1 Å². The van der Waals surface area contributed by atoms with Gasteiger partial charge in [-0.3, -0.25) is 0 Å². The molecular weight excluding hydrogens is 192 g/mol. The first-order chi connectivity index (χ1) is 6.56. The molecule has 1 aliphatic rings. The summed E-state index contributed by atoms with van der Waals surface area (Å²) in [5.74, 6) is -2.69. The highest BCUT2D eigenvalue weighted by molar-refractivity contribution is 5.84. The molecule has 2 atom stereocenters. The van der Waals surface area contributed by atoms with Gasteiger partial charge >= 0.3 is 11.9 Å². The minimum Gasteiger partial charge on any atom is -0.479 e. The smallest absolute Gasteiger partial charge is 0.336 e. The van der Waals surface area contributed by atoms with Gasteiger partial charge in [0.1, 0.15) is 0 Å². The Balaban J connectivity index is 2.74. The third-order valence-electron chi connectivity index (χ3n) is 1.67. The van der Waals surface area contributed by atoms with Crippen LogP contribution >= 0.6 is 0 Å². The maximum atomic E-state index is 10.6. The van der Waals surface area contributed by atoms with Gasteiger partial charge in [-0.1, -0.05) is 6.08 Å². The number of hydrogen-bond acceptors (Lipinski definition) is 4. The second-order valence-electron chi connectivity index (χ2n) is 2.68. The standard InChI is InChI=1S/C8H10O6/c1-2-3-4-13-5(7(9)10)6(14-4)8(11)12/h2-6H,1H3,(H,9,10)(H,11,12)/t5-,6-/m1/s1. The molecule has 0 amide bonds. The first-order valence-electron chi connectivity index (χ1n) is 3.95. The number of carboxylic acids is 2. The van der Waals surface area contributed by atoms with Crippen LogP contribution in [-0.4, -0.2) is 40.6 Å². The first kappa shape index (κ1) is 10.7. The number of hydrogen-bond donors (Lipinski definition) is 2. The van der Waals surface area contributed by atoms with Crippen LogP contribution in [0.4, 0.5) is 0 Å². The van der Waals surface area contributed by atoms with Crippen molar-refractivity contribution in [2.24, 2.45) is 0 Å². The molecule has 1 fully saturated rings. The van der Waals surface area contributed by atoms with E-state index in [1.165, 1.54) is 6.08 Å². The van der Waals surface area contributed by atoms with Crippen LogP contribution in [0.3, 0.4) is 0 Å². The van der Waals surface area contributed by atoms with Gasteiger partial charge in [-0.25, -0.2) is 9.59 Å². The number of aliphatic carboxylic acids is 2. The quantitative estimate of drug-likeness (QED) is 0.618. The summed E-state index contributed by atoms with van der Waals surface area (Å²) in [5.41, 5.74) is 0. The first-order valence-corrected chi connectivity index (χ1v) is 3.95. The highest BCUT2D eigenvalue weighted by Crippen LogP contribution is 2.20. The fraction of sp³-hybridized carbons (Fsp3) is 0.500. The van der Waals surface area contributed by atoms with Gasteiger partial charge in [0, 0.05) is 0 Å². The maximum Gasteiger partial charge on any atom is 0.336 e. The molecule has 0 bridgehead atoms. The summed E-state index contributed by atoms with van der Waals surface area (Å²) in [6, 6.07) is 0. The molecule has 6 heteroatoms. The largest absolute Gasteiger partial charge is 0.479 e. The molecule has 6 nitrogen and oxygen atoms in total. The summed E-state index contributed by atoms with van der Waals surface area (Å²) in [7, 11) is 0. The number of carbonyl (C=O) groups is 2. The fourth-order valence-electron chi connectivity index (χ4n) is 1.09. The molecule has 2 N–H and O–H groups in total. The van der Waals surface area contributed by atoms with E-state index in [9.17, 15) is 9.59 Å². The van der Waals surface area contributed by atoms with Crippen LogP contribution in [0.5, 0.6) is 0 Å². The van der Waals surface area contributed by atoms with E-state index >= 15 is 0 Å². The van der Waals surface area contributed by atoms with Crippen molar-refractivity contribution in [3.05, 3.63) is 12.2 Å². The lowest BCUT2D eigenvalue weighted by Crippen LogP contribution is -2.36. The lowest BCUT2D eigenvalue weighted by molar-refractivity contribution is -0.156. The average Bonchev–Trinajstić information content (AvgIpc) is 2.49. The van der Waals surface area contributed by atoms with Crippen LogP contribution in [0.2, 0.25) is 0 Å². The Labute approximate surface area is 79.7 Å². The van der Waals surface area contributed by atoms with Crippen molar-refractivity contribution in [2.75, 3.05) is 0 Å². The highest BCUT2D eigenvalue weighted by Gasteiger charge is 2.44. The summed E-state index contributed by atoms with van der Waals surface area (Å²) in [4.78, 5) is 21.1. The molecule has 78 valence electrons. The molecule has 1 rings (SSSR count). The fourth-order valence-corrected chi connectivity index (χ4v) is 1.09. The average molecular weight is 202 g/mol. The third kappa shape index (κ3) is 2.09. The molecule has 14 heavy (non-hydrogen) atoms. The van der Waals surface area contributed by atoms with Gasteiger partial charge in [0.25, 0.3) is 0 Å². The van der Waals surface area contributed by atoms with Crippen LogP contribution in [0, 0.1) is 0 Å². The Bertz CT molecular complexity index is 249. The Morgan fingerprint density at radius 2 is 1.57 bits per heavy atom. The summed E-state index contributed by atoms with van der Waals surface area (Å²) < 4.78 is 9.70. The van der Waals surface area contributed by atoms with E-state index in [-0.39, 0.29) is 0 Å². The van der Waals surface area contributed by atoms with Gasteiger partial charge in [-0.2, -0.15) is 0 Å². The maximum absolute atomic E-state index is 10.6. The predicted octanol–water partition coefficient (Wildman–Crippen LogP) is -0.158. The van der Waals surface area contributed by atoms with Crippen LogP contribution < -0.4 is 0 Å². The summed E-state index contributed by atoms with van der Waals surface area (Å²) in [5, 5.41) is 17.3. The van der Waals surface area contributed by atoms with Crippen molar-refractivity contribution in [3.8, 4) is 0 Å². The monoisotopic (exact) mass is 202 g/mol. The number of carboxylic acid groups (broad SMARTS) is 2. The molecule has 0 aromatic heterocycles. The van der Waals surface area contributed by atoms with E-state index in [1.54, 1.807) is 13.0 Å². The molecule has 0 unspecified atom stereocenters. The van der Waals surface area contributed by atoms with Crippen LogP contribution in [0.1, 0.15) is 6.92 Å². The zero-order valence-corrected chi connectivity index (χ0v) is 7.41. The molecule has 0 spiro atoms. The molecular formula is C8H10O6. The molecule has 0 aromatic carbocycles. The second kappa shape index (κ2) is 4.21. The van der Waals surface area contributed by atoms with Gasteiger partial charge in [0.15, 0.2) is 18.5 Å². The van der Waals surface area contributed by atoms with Crippen molar-refractivity contribution in [1.29, 1.82) is 0 Å². The van der Waals surface area contributed by atoms with E-state index in [1.807, 2.05) is 0 Å². The lowest BCUT2D eigenvalue weighted by atomic mass is 10.2. The van der Waals surface area contributed by atoms with Crippen molar-refractivity contribution < 1.29 is 29.3 Å². The summed E-state index contributed by atoms with van der Waals surface area (Å²) >= 11 is 0. The number of rotatable bonds is 3. The summed E-state index contributed by atoms with van der Waals surface area (Å²) in [6.07, 6.45) is -0.767. The Hall–Kier alpha value is -1.40. The van der Waals surface area contributed by atoms with Crippen molar-refractivity contribution in [1.82, 2.24) is 0 Å². The number of ether oxygens (including phenoxy) is 2. The molecule has 0 aliphatic carbocycles. The van der Waals surface area contributed by atoms with Gasteiger partial charge in [0.2, 0.25) is 0 Å². The molecule has 0 aromatic rings. The number of allylic oxidation sites excluding steroid dienone is 1. The van der Waals surface area contributed by atoms with Crippen LogP contribution in [0.25, 0.3) is 0 Å². The highest BCUT2D eigenvalue weighted by atomic mass is 16.7. The topological polar surface area (TPSA) is 93.1 Å². The van der Waals surface area contributed by atoms with Crippen molar-refractivity contribution in [2.45, 2.75) is 25.4 Å². The second-order valence-corrected chi connectivity index (χ2v) is 2.68. The molecule has 0 radical (unpaired) electrons. The van der Waals surface area contributed by atoms with E-state index < -0.39 is 30.4 Å². The van der Waals surface area contributed by atoms with E-state index in [0.29, 0.717) is 0 Å². The Morgan fingerprint density at radius 3 is 1.86 bits per heavy atom. The Morgan fingerprint density at radius 1 is 1.14 bits per heavy atom. The minimum atomic E-state index is -1.45. The van der Waals surface area contributed by atoms with E-state index in [0.717, 1.165) is 0 Å². The van der Waals surface area contributed by atoms with Crippen molar-refractivity contribution >= 4 is 11.9 Å². The van der Waals surface area contributed by atoms with E-state index in [2.05, 4.69) is 0 Å². The van der Waals surface area contributed by atoms with Gasteiger partial charge in [-0.05, 0) is 13.0 Å². The van der Waals surface area contributed by atoms with Gasteiger partial charge < -0.3 is 19.7 Å². The molecule has 1 aliphatic heterocycles. The molecule has 1 saturated heterocycles. The molecule has 0 saturated carbocycles. The van der Waals surface area contributed by atoms with Gasteiger partial charge in [0.05, 0.1) is 0 Å². The van der Waals surface area contributed by atoms with E-state index in [4.69, 9.17) is 19.7 Å². The SMILES string of the molecule is CC=CC1O[C@@H](C(=O)O)[C@H](C(=O)O)O1. The minimum absolute atomic E-state index is 0.901. The Kier molecular flexibility index (Phi) is 3.21. The van der Waals surface area contributed by atoms with Crippen molar-refractivity contribution in [3.63, 3.8) is 0 Å². The van der Waals surface area contributed by atoms with Crippen LogP contribution in [0.15, 0.2) is 12.2 Å². The summed E-state index contributed by atoms with van der Waals surface area (Å²) in [6.45, 7) is 1.69. The predicted molar refractivity (Wildman–Crippen MR) is 43.6 cm³/mol. The zero-order valence-electron chi connectivity index (χ0n) is 7.41. The lowest BCUT2D eigenvalue weighted by Gasteiger charge is -2.06. The third-order valence-corrected chi connectivity index (χ3v) is 1.67. The molecule has 1 heterocycles.